The summed E-state index contributed by atoms with van der Waals surface area (Å²) in [5, 5.41) is 5.66. The van der Waals surface area contributed by atoms with Crippen LogP contribution in [-0.2, 0) is 11.2 Å². The second-order valence-electron chi connectivity index (χ2n) is 5.27. The van der Waals surface area contributed by atoms with Gasteiger partial charge in [0.1, 0.15) is 5.01 Å². The first kappa shape index (κ1) is 15.2. The van der Waals surface area contributed by atoms with E-state index in [9.17, 15) is 4.79 Å². The molecule has 0 bridgehead atoms. The number of carbonyl (C=O) groups excluding carboxylic acids is 1. The third-order valence-electron chi connectivity index (χ3n) is 3.50. The number of para-hydroxylation sites is 2. The molecular weight excluding hydrogens is 306 g/mol. The molecule has 1 aromatic heterocycles. The highest BCUT2D eigenvalue weighted by Gasteiger charge is 2.11. The lowest BCUT2D eigenvalue weighted by Crippen LogP contribution is -2.15. The normalized spacial score (nSPS) is 10.5. The maximum atomic E-state index is 12.2. The Bertz CT molecular complexity index is 842. The lowest BCUT2D eigenvalue weighted by atomic mass is 10.2. The molecule has 3 aromatic rings. The van der Waals surface area contributed by atoms with Crippen LogP contribution in [0.2, 0.25) is 0 Å². The Hall–Kier alpha value is -2.66. The number of hydrogen-bond donors (Lipinski definition) is 2. The molecule has 2 aromatic carbocycles. The Kier molecular flexibility index (Phi) is 4.39. The van der Waals surface area contributed by atoms with E-state index in [1.54, 1.807) is 0 Å². The van der Waals surface area contributed by atoms with Crippen LogP contribution in [0.4, 0.5) is 11.4 Å². The molecule has 4 nitrogen and oxygen atoms in total. The number of amides is 1. The smallest absolute Gasteiger partial charge is 0.230 e. The van der Waals surface area contributed by atoms with Crippen LogP contribution in [0.1, 0.15) is 11.3 Å². The number of anilines is 2. The Morgan fingerprint density at radius 3 is 2.70 bits per heavy atom. The van der Waals surface area contributed by atoms with Gasteiger partial charge in [-0.15, -0.1) is 11.3 Å². The third-order valence-corrected chi connectivity index (χ3v) is 4.43. The summed E-state index contributed by atoms with van der Waals surface area (Å²) in [5.74, 6) is -0.0721. The van der Waals surface area contributed by atoms with Gasteiger partial charge in [0.05, 0.1) is 12.1 Å². The van der Waals surface area contributed by atoms with Gasteiger partial charge < -0.3 is 11.1 Å². The van der Waals surface area contributed by atoms with Gasteiger partial charge in [0, 0.05) is 22.3 Å². The standard InChI is InChI=1S/C18H17N3OS/c1-12-6-2-5-9-16(12)21-17(22)10-13-11-23-18(20-13)14-7-3-4-8-15(14)19/h2-9,11H,10,19H2,1H3,(H,21,22). The Balaban J connectivity index is 1.71. The highest BCUT2D eigenvalue weighted by Crippen LogP contribution is 2.28. The van der Waals surface area contributed by atoms with E-state index < -0.39 is 0 Å². The zero-order chi connectivity index (χ0) is 16.2. The SMILES string of the molecule is Cc1ccccc1NC(=O)Cc1csc(-c2ccccc2N)n1. The Morgan fingerprint density at radius 1 is 1.17 bits per heavy atom. The molecule has 0 aliphatic heterocycles. The second-order valence-corrected chi connectivity index (χ2v) is 6.13. The maximum absolute atomic E-state index is 12.2. The molecule has 0 aliphatic rings. The first-order chi connectivity index (χ1) is 11.1. The van der Waals surface area contributed by atoms with Gasteiger partial charge >= 0.3 is 0 Å². The third kappa shape index (κ3) is 3.57. The van der Waals surface area contributed by atoms with Crippen molar-refractivity contribution >= 4 is 28.6 Å². The minimum atomic E-state index is -0.0721. The average Bonchev–Trinajstić information content (AvgIpc) is 2.98. The summed E-state index contributed by atoms with van der Waals surface area (Å²) in [6.07, 6.45) is 0.248. The van der Waals surface area contributed by atoms with Crippen LogP contribution >= 0.6 is 11.3 Å². The average molecular weight is 323 g/mol. The monoisotopic (exact) mass is 323 g/mol. The summed E-state index contributed by atoms with van der Waals surface area (Å²) in [7, 11) is 0. The number of benzene rings is 2. The molecule has 116 valence electrons. The summed E-state index contributed by atoms with van der Waals surface area (Å²) < 4.78 is 0. The lowest BCUT2D eigenvalue weighted by molar-refractivity contribution is -0.115. The van der Waals surface area contributed by atoms with Crippen LogP contribution in [0.5, 0.6) is 0 Å². The summed E-state index contributed by atoms with van der Waals surface area (Å²) >= 11 is 1.50. The fraction of sp³-hybridized carbons (Fsp3) is 0.111. The minimum Gasteiger partial charge on any atom is -0.398 e. The fourth-order valence-electron chi connectivity index (χ4n) is 2.28. The van der Waals surface area contributed by atoms with Crippen LogP contribution in [0, 0.1) is 6.92 Å². The number of hydrogen-bond acceptors (Lipinski definition) is 4. The number of nitrogens with two attached hydrogens (primary N) is 1. The van der Waals surface area contributed by atoms with E-state index in [0.29, 0.717) is 5.69 Å². The van der Waals surface area contributed by atoms with Gasteiger partial charge in [-0.1, -0.05) is 30.3 Å². The van der Waals surface area contributed by atoms with Crippen LogP contribution in [0.3, 0.4) is 0 Å². The number of thiazole rings is 1. The molecule has 0 unspecified atom stereocenters. The van der Waals surface area contributed by atoms with Gasteiger partial charge in [0.2, 0.25) is 5.91 Å². The van der Waals surface area contributed by atoms with E-state index in [1.165, 1.54) is 11.3 Å². The molecule has 0 atom stereocenters. The van der Waals surface area contributed by atoms with Crippen molar-refractivity contribution in [2.75, 3.05) is 11.1 Å². The molecule has 1 amide bonds. The van der Waals surface area contributed by atoms with Gasteiger partial charge in [-0.05, 0) is 30.7 Å². The minimum absolute atomic E-state index is 0.0721. The van der Waals surface area contributed by atoms with Crippen molar-refractivity contribution in [1.29, 1.82) is 0 Å². The van der Waals surface area contributed by atoms with E-state index in [-0.39, 0.29) is 12.3 Å². The molecule has 0 radical (unpaired) electrons. The zero-order valence-corrected chi connectivity index (χ0v) is 13.6. The van der Waals surface area contributed by atoms with Crippen LogP contribution in [0.25, 0.3) is 10.6 Å². The molecular formula is C18H17N3OS. The van der Waals surface area contributed by atoms with Crippen molar-refractivity contribution in [3.63, 3.8) is 0 Å². The topological polar surface area (TPSA) is 68.0 Å². The van der Waals surface area contributed by atoms with Gasteiger partial charge in [-0.3, -0.25) is 4.79 Å². The first-order valence-corrected chi connectivity index (χ1v) is 8.16. The van der Waals surface area contributed by atoms with Crippen molar-refractivity contribution in [3.05, 3.63) is 65.2 Å². The van der Waals surface area contributed by atoms with Crippen molar-refractivity contribution in [3.8, 4) is 10.6 Å². The van der Waals surface area contributed by atoms with E-state index >= 15 is 0 Å². The van der Waals surface area contributed by atoms with Crippen LogP contribution in [0.15, 0.2) is 53.9 Å². The molecule has 0 saturated carbocycles. The number of nitrogen functional groups attached to an aromatic ring is 1. The largest absolute Gasteiger partial charge is 0.398 e. The molecule has 3 rings (SSSR count). The molecule has 0 spiro atoms. The Morgan fingerprint density at radius 2 is 1.91 bits per heavy atom. The second kappa shape index (κ2) is 6.62. The molecule has 5 heteroatoms. The van der Waals surface area contributed by atoms with Crippen molar-refractivity contribution in [2.45, 2.75) is 13.3 Å². The summed E-state index contributed by atoms with van der Waals surface area (Å²) in [5.41, 5.74) is 10.2. The van der Waals surface area contributed by atoms with Crippen molar-refractivity contribution < 1.29 is 4.79 Å². The van der Waals surface area contributed by atoms with Crippen molar-refractivity contribution in [2.24, 2.45) is 0 Å². The fourth-order valence-corrected chi connectivity index (χ4v) is 3.14. The summed E-state index contributed by atoms with van der Waals surface area (Å²) in [6.45, 7) is 1.97. The van der Waals surface area contributed by atoms with Gasteiger partial charge in [0.25, 0.3) is 0 Å². The maximum Gasteiger partial charge on any atom is 0.230 e. The zero-order valence-electron chi connectivity index (χ0n) is 12.7. The molecule has 0 fully saturated rings. The molecule has 3 N–H and O–H groups in total. The van der Waals surface area contributed by atoms with E-state index in [4.69, 9.17) is 5.73 Å². The van der Waals surface area contributed by atoms with Crippen LogP contribution < -0.4 is 11.1 Å². The molecule has 0 aliphatic carbocycles. The number of aryl methyl sites for hydroxylation is 1. The summed E-state index contributed by atoms with van der Waals surface area (Å²) in [4.78, 5) is 16.7. The summed E-state index contributed by atoms with van der Waals surface area (Å²) in [6, 6.07) is 15.3. The highest BCUT2D eigenvalue weighted by atomic mass is 32.1. The first-order valence-electron chi connectivity index (χ1n) is 7.28. The predicted molar refractivity (Wildman–Crippen MR) is 95.5 cm³/mol. The molecule has 0 saturated heterocycles. The van der Waals surface area contributed by atoms with Gasteiger partial charge in [-0.2, -0.15) is 0 Å². The van der Waals surface area contributed by atoms with E-state index in [2.05, 4.69) is 10.3 Å². The molecule has 23 heavy (non-hydrogen) atoms. The highest BCUT2D eigenvalue weighted by molar-refractivity contribution is 7.13. The van der Waals surface area contributed by atoms with Gasteiger partial charge in [0.15, 0.2) is 0 Å². The lowest BCUT2D eigenvalue weighted by Gasteiger charge is -2.06. The van der Waals surface area contributed by atoms with E-state index in [0.717, 1.165) is 27.5 Å². The van der Waals surface area contributed by atoms with Gasteiger partial charge in [-0.25, -0.2) is 4.98 Å². The molecule has 1 heterocycles. The van der Waals surface area contributed by atoms with E-state index in [1.807, 2.05) is 60.8 Å². The number of rotatable bonds is 4. The van der Waals surface area contributed by atoms with Crippen molar-refractivity contribution in [1.82, 2.24) is 4.98 Å². The number of nitrogens with one attached hydrogen (secondary N) is 1. The number of nitrogens with zero attached hydrogens (tertiary/aromatic N) is 1. The number of aromatic nitrogens is 1. The van der Waals surface area contributed by atoms with Crippen LogP contribution in [-0.4, -0.2) is 10.9 Å². The number of carbonyl (C=O) groups is 1. The predicted octanol–water partition coefficient (Wildman–Crippen LogP) is 3.88. The quantitative estimate of drug-likeness (QED) is 0.716. The Labute approximate surface area is 139 Å².